The van der Waals surface area contributed by atoms with Gasteiger partial charge in [-0.15, -0.1) is 0 Å². The monoisotopic (exact) mass is 424 g/mol. The molecule has 1 N–H and O–H groups in total. The van der Waals surface area contributed by atoms with Crippen molar-refractivity contribution in [3.8, 4) is 11.1 Å². The van der Waals surface area contributed by atoms with Crippen LogP contribution in [-0.2, 0) is 14.3 Å². The van der Waals surface area contributed by atoms with E-state index in [1.807, 2.05) is 31.2 Å². The van der Waals surface area contributed by atoms with E-state index in [4.69, 9.17) is 9.47 Å². The number of nitrogens with zero attached hydrogens (tertiary/aromatic N) is 1. The quantitative estimate of drug-likeness (QED) is 0.733. The first kappa shape index (κ1) is 22.3. The summed E-state index contributed by atoms with van der Waals surface area (Å²) in [6, 6.07) is 12.5. The van der Waals surface area contributed by atoms with Crippen LogP contribution in [0.4, 0.5) is 10.5 Å². The van der Waals surface area contributed by atoms with Crippen LogP contribution in [-0.4, -0.2) is 37.2 Å². The molecule has 2 aromatic carbocycles. The number of rotatable bonds is 4. The molecule has 0 aromatic heterocycles. The second-order valence-electron chi connectivity index (χ2n) is 7.97. The molecule has 1 heterocycles. The first-order valence-electron chi connectivity index (χ1n) is 10.3. The zero-order chi connectivity index (χ0) is 22.7. The molecule has 0 radical (unpaired) electrons. The Morgan fingerprint density at radius 3 is 2.45 bits per heavy atom. The molecule has 3 rings (SSSR count). The first-order chi connectivity index (χ1) is 14.7. The Bertz CT molecular complexity index is 1000. The van der Waals surface area contributed by atoms with Crippen LogP contribution >= 0.6 is 0 Å². The van der Waals surface area contributed by atoms with Gasteiger partial charge < -0.3 is 19.7 Å². The molecule has 0 saturated carbocycles. The largest absolute Gasteiger partial charge is 0.465 e. The lowest BCUT2D eigenvalue weighted by atomic mass is 9.89. The molecule has 7 nitrogen and oxygen atoms in total. The molecule has 2 aromatic rings. The number of anilines is 1. The highest BCUT2D eigenvalue weighted by Gasteiger charge is 2.33. The van der Waals surface area contributed by atoms with Crippen LogP contribution in [0.2, 0.25) is 0 Å². The minimum atomic E-state index is -0.493. The molecule has 0 fully saturated rings. The zero-order valence-corrected chi connectivity index (χ0v) is 18.5. The van der Waals surface area contributed by atoms with Gasteiger partial charge in [-0.2, -0.15) is 0 Å². The lowest BCUT2D eigenvalue weighted by molar-refractivity contribution is -0.117. The number of benzene rings is 2. The molecule has 164 valence electrons. The van der Waals surface area contributed by atoms with E-state index in [0.29, 0.717) is 12.0 Å². The number of nitrogens with one attached hydrogen (secondary N) is 1. The average molecular weight is 424 g/mol. The lowest BCUT2D eigenvalue weighted by Crippen LogP contribution is -2.45. The van der Waals surface area contributed by atoms with Crippen LogP contribution in [0.25, 0.3) is 11.1 Å². The Morgan fingerprint density at radius 1 is 1.10 bits per heavy atom. The van der Waals surface area contributed by atoms with Crippen molar-refractivity contribution in [2.75, 3.05) is 12.0 Å². The Balaban J connectivity index is 2.04. The number of methoxy groups -OCH3 is 1. The maximum absolute atomic E-state index is 12.3. The lowest BCUT2D eigenvalue weighted by Gasteiger charge is -2.39. The molecule has 0 bridgehead atoms. The molecule has 1 aliphatic heterocycles. The molecule has 2 amide bonds. The predicted octanol–water partition coefficient (Wildman–Crippen LogP) is 4.46. The number of ether oxygens (including phenoxy) is 2. The number of fused-ring (bicyclic) bond motifs is 1. The van der Waals surface area contributed by atoms with Crippen LogP contribution in [0.3, 0.4) is 0 Å². The van der Waals surface area contributed by atoms with Crippen molar-refractivity contribution in [2.24, 2.45) is 0 Å². The minimum absolute atomic E-state index is 0.0580. The van der Waals surface area contributed by atoms with Crippen molar-refractivity contribution < 1.29 is 23.9 Å². The van der Waals surface area contributed by atoms with Crippen molar-refractivity contribution in [2.45, 2.75) is 52.3 Å². The van der Waals surface area contributed by atoms with E-state index in [-0.39, 0.29) is 24.1 Å². The third kappa shape index (κ3) is 4.87. The molecular weight excluding hydrogens is 396 g/mol. The molecule has 2 unspecified atom stereocenters. The maximum Gasteiger partial charge on any atom is 0.407 e. The summed E-state index contributed by atoms with van der Waals surface area (Å²) in [6.07, 6.45) is -0.167. The number of hydrogen-bond acceptors (Lipinski definition) is 5. The molecule has 31 heavy (non-hydrogen) atoms. The van der Waals surface area contributed by atoms with E-state index in [2.05, 4.69) is 5.32 Å². The van der Waals surface area contributed by atoms with Gasteiger partial charge in [0.1, 0.15) is 0 Å². The van der Waals surface area contributed by atoms with Gasteiger partial charge in [0.15, 0.2) is 0 Å². The van der Waals surface area contributed by atoms with Gasteiger partial charge in [-0.05, 0) is 68.1 Å². The van der Waals surface area contributed by atoms with Crippen LogP contribution in [0.1, 0.15) is 56.1 Å². The first-order valence-corrected chi connectivity index (χ1v) is 10.3. The van der Waals surface area contributed by atoms with Gasteiger partial charge >= 0.3 is 12.1 Å². The van der Waals surface area contributed by atoms with Gasteiger partial charge in [0.2, 0.25) is 5.91 Å². The summed E-state index contributed by atoms with van der Waals surface area (Å²) in [5.74, 6) is -0.468. The highest BCUT2D eigenvalue weighted by molar-refractivity contribution is 5.95. The summed E-state index contributed by atoms with van der Waals surface area (Å²) in [5.41, 5.74) is 3.74. The van der Waals surface area contributed by atoms with Crippen molar-refractivity contribution >= 4 is 23.7 Å². The third-order valence-electron chi connectivity index (χ3n) is 5.27. The molecular formula is C24H28N2O5. The minimum Gasteiger partial charge on any atom is -0.465 e. The zero-order valence-electron chi connectivity index (χ0n) is 18.5. The Labute approximate surface area is 182 Å². The normalized spacial score (nSPS) is 17.7. The summed E-state index contributed by atoms with van der Waals surface area (Å²) >= 11 is 0. The summed E-state index contributed by atoms with van der Waals surface area (Å²) in [4.78, 5) is 38.3. The summed E-state index contributed by atoms with van der Waals surface area (Å²) < 4.78 is 10.1. The van der Waals surface area contributed by atoms with Crippen LogP contribution < -0.4 is 10.2 Å². The van der Waals surface area contributed by atoms with Crippen molar-refractivity contribution in [1.82, 2.24) is 5.32 Å². The number of amides is 2. The van der Waals surface area contributed by atoms with Crippen LogP contribution in [0.5, 0.6) is 0 Å². The summed E-state index contributed by atoms with van der Waals surface area (Å²) in [5, 5.41) is 2.94. The van der Waals surface area contributed by atoms with E-state index in [1.165, 1.54) is 14.0 Å². The highest BCUT2D eigenvalue weighted by Crippen LogP contribution is 2.39. The second-order valence-corrected chi connectivity index (χ2v) is 7.97. The molecule has 0 saturated heterocycles. The fraction of sp³-hybridized carbons (Fsp3) is 0.375. The molecule has 0 spiro atoms. The highest BCUT2D eigenvalue weighted by atomic mass is 16.6. The fourth-order valence-corrected chi connectivity index (χ4v) is 3.99. The number of esters is 1. The van der Waals surface area contributed by atoms with Crippen LogP contribution in [0, 0.1) is 0 Å². The maximum atomic E-state index is 12.3. The van der Waals surface area contributed by atoms with E-state index < -0.39 is 12.1 Å². The summed E-state index contributed by atoms with van der Waals surface area (Å²) in [7, 11) is 1.35. The Morgan fingerprint density at radius 2 is 1.81 bits per heavy atom. The molecule has 1 aliphatic rings. The summed E-state index contributed by atoms with van der Waals surface area (Å²) in [6.45, 7) is 7.08. The molecule has 0 aliphatic carbocycles. The number of carbonyl (C=O) groups is 3. The van der Waals surface area contributed by atoms with Crippen molar-refractivity contribution in [1.29, 1.82) is 0 Å². The topological polar surface area (TPSA) is 84.9 Å². The molecule has 2 atom stereocenters. The Kier molecular flexibility index (Phi) is 6.63. The third-order valence-corrected chi connectivity index (χ3v) is 5.27. The number of alkyl carbamates (subject to hydrolysis) is 1. The van der Waals surface area contributed by atoms with E-state index in [1.54, 1.807) is 36.9 Å². The van der Waals surface area contributed by atoms with E-state index in [0.717, 1.165) is 22.4 Å². The van der Waals surface area contributed by atoms with Crippen molar-refractivity contribution in [3.63, 3.8) is 0 Å². The molecule has 7 heteroatoms. The van der Waals surface area contributed by atoms with Gasteiger partial charge in [-0.3, -0.25) is 4.79 Å². The number of carbonyl (C=O) groups excluding carboxylic acids is 3. The second kappa shape index (κ2) is 9.20. The van der Waals surface area contributed by atoms with Gasteiger partial charge in [0.05, 0.1) is 24.8 Å². The van der Waals surface area contributed by atoms with Gasteiger partial charge in [-0.1, -0.05) is 18.2 Å². The predicted molar refractivity (Wildman–Crippen MR) is 118 cm³/mol. The van der Waals surface area contributed by atoms with Crippen molar-refractivity contribution in [3.05, 3.63) is 53.6 Å². The Hall–Kier alpha value is -3.35. The smallest absolute Gasteiger partial charge is 0.407 e. The number of hydrogen-bond donors (Lipinski definition) is 1. The average Bonchev–Trinajstić information content (AvgIpc) is 2.72. The van der Waals surface area contributed by atoms with Gasteiger partial charge in [0.25, 0.3) is 0 Å². The van der Waals surface area contributed by atoms with Crippen LogP contribution in [0.15, 0.2) is 42.5 Å². The van der Waals surface area contributed by atoms with Gasteiger partial charge in [-0.25, -0.2) is 9.59 Å². The standard InChI is InChI=1S/C24H28N2O5/c1-14(2)31-24(29)25-21-11-15(3)26(16(4)27)22-10-9-18(13-20(21)22)17-7-6-8-19(12-17)23(28)30-5/h6-10,12-15,21H,11H2,1-5H3,(H,25,29). The van der Waals surface area contributed by atoms with E-state index in [9.17, 15) is 14.4 Å². The SMILES string of the molecule is COC(=O)c1cccc(-c2ccc3c(c2)C(NC(=O)OC(C)C)CC(C)N3C(C)=O)c1. The van der Waals surface area contributed by atoms with Gasteiger partial charge in [0, 0.05) is 18.7 Å². The fourth-order valence-electron chi connectivity index (χ4n) is 3.99. The van der Waals surface area contributed by atoms with E-state index >= 15 is 0 Å².